The van der Waals surface area contributed by atoms with Gasteiger partial charge in [-0.3, -0.25) is 4.84 Å². The lowest BCUT2D eigenvalue weighted by Crippen LogP contribution is -2.20. The molecule has 1 N–H and O–H groups in total. The van der Waals surface area contributed by atoms with Crippen molar-refractivity contribution < 1.29 is 9.94 Å². The highest BCUT2D eigenvalue weighted by atomic mass is 16.7. The molecular formula is C13H21NO2. The van der Waals surface area contributed by atoms with Gasteiger partial charge in [0, 0.05) is 20.2 Å². The largest absolute Gasteiger partial charge is 0.396 e. The van der Waals surface area contributed by atoms with Crippen LogP contribution in [-0.2, 0) is 11.4 Å². The second-order valence-corrected chi connectivity index (χ2v) is 3.89. The topological polar surface area (TPSA) is 32.7 Å². The Morgan fingerprint density at radius 3 is 2.56 bits per heavy atom. The summed E-state index contributed by atoms with van der Waals surface area (Å²) in [6.45, 7) is 1.82. The van der Waals surface area contributed by atoms with E-state index in [-0.39, 0.29) is 6.61 Å². The Bertz CT molecular complexity index is 264. The van der Waals surface area contributed by atoms with E-state index in [1.807, 2.05) is 30.3 Å². The third-order valence-electron chi connectivity index (χ3n) is 2.43. The summed E-state index contributed by atoms with van der Waals surface area (Å²) >= 11 is 0. The molecule has 16 heavy (non-hydrogen) atoms. The Morgan fingerprint density at radius 1 is 1.12 bits per heavy atom. The molecule has 1 aromatic rings. The molecule has 3 heteroatoms. The summed E-state index contributed by atoms with van der Waals surface area (Å²) in [5.74, 6) is 0. The van der Waals surface area contributed by atoms with Crippen LogP contribution in [-0.4, -0.2) is 30.4 Å². The zero-order valence-corrected chi connectivity index (χ0v) is 9.93. The number of aliphatic hydroxyl groups is 1. The number of hydroxylamine groups is 2. The van der Waals surface area contributed by atoms with Crippen LogP contribution in [0.4, 0.5) is 0 Å². The number of rotatable bonds is 8. The number of nitrogens with zero attached hydrogens (tertiary/aromatic N) is 1. The lowest BCUT2D eigenvalue weighted by molar-refractivity contribution is -0.151. The van der Waals surface area contributed by atoms with Crippen LogP contribution in [0, 0.1) is 0 Å². The Morgan fingerprint density at radius 2 is 1.88 bits per heavy atom. The first kappa shape index (κ1) is 13.2. The van der Waals surface area contributed by atoms with E-state index in [4.69, 9.17) is 9.94 Å². The molecule has 0 aliphatic rings. The first-order valence-electron chi connectivity index (χ1n) is 5.82. The second kappa shape index (κ2) is 8.28. The van der Waals surface area contributed by atoms with E-state index in [1.165, 1.54) is 5.56 Å². The van der Waals surface area contributed by atoms with E-state index >= 15 is 0 Å². The van der Waals surface area contributed by atoms with Crippen molar-refractivity contribution in [3.05, 3.63) is 35.9 Å². The zero-order valence-electron chi connectivity index (χ0n) is 9.93. The van der Waals surface area contributed by atoms with Crippen LogP contribution in [0.25, 0.3) is 0 Å². The van der Waals surface area contributed by atoms with Crippen LogP contribution in [0.2, 0.25) is 0 Å². The third kappa shape index (κ3) is 5.85. The van der Waals surface area contributed by atoms with Crippen LogP contribution in [0.3, 0.4) is 0 Å². The summed E-state index contributed by atoms with van der Waals surface area (Å²) in [5.41, 5.74) is 1.18. The second-order valence-electron chi connectivity index (χ2n) is 3.89. The highest BCUT2D eigenvalue weighted by Gasteiger charge is 1.99. The molecule has 0 heterocycles. The number of aliphatic hydroxyl groups excluding tert-OH is 1. The Hall–Kier alpha value is -0.900. The quantitative estimate of drug-likeness (QED) is 0.542. The molecule has 0 atom stereocenters. The SMILES string of the molecule is CN(CCCCCO)OCc1ccccc1. The number of hydrogen-bond donors (Lipinski definition) is 1. The lowest BCUT2D eigenvalue weighted by Gasteiger charge is -2.16. The van der Waals surface area contributed by atoms with Crippen LogP contribution < -0.4 is 0 Å². The minimum Gasteiger partial charge on any atom is -0.396 e. The fraction of sp³-hybridized carbons (Fsp3) is 0.538. The minimum absolute atomic E-state index is 0.286. The minimum atomic E-state index is 0.286. The van der Waals surface area contributed by atoms with Crippen molar-refractivity contribution in [3.63, 3.8) is 0 Å². The highest BCUT2D eigenvalue weighted by Crippen LogP contribution is 2.03. The Kier molecular flexibility index (Phi) is 6.81. The van der Waals surface area contributed by atoms with Crippen molar-refractivity contribution in [2.75, 3.05) is 20.2 Å². The van der Waals surface area contributed by atoms with Crippen LogP contribution in [0.1, 0.15) is 24.8 Å². The summed E-state index contributed by atoms with van der Waals surface area (Å²) in [4.78, 5) is 5.58. The normalized spacial score (nSPS) is 10.9. The fourth-order valence-corrected chi connectivity index (χ4v) is 1.45. The van der Waals surface area contributed by atoms with E-state index < -0.39 is 0 Å². The van der Waals surface area contributed by atoms with Crippen LogP contribution in [0.5, 0.6) is 0 Å². The van der Waals surface area contributed by atoms with Gasteiger partial charge in [-0.1, -0.05) is 30.3 Å². The summed E-state index contributed by atoms with van der Waals surface area (Å²) in [5, 5.41) is 10.5. The molecule has 0 saturated carbocycles. The average molecular weight is 223 g/mol. The van der Waals surface area contributed by atoms with Crippen molar-refractivity contribution in [1.29, 1.82) is 0 Å². The molecule has 0 aliphatic heterocycles. The van der Waals surface area contributed by atoms with Gasteiger partial charge in [0.1, 0.15) is 0 Å². The van der Waals surface area contributed by atoms with Crippen molar-refractivity contribution in [1.82, 2.24) is 5.06 Å². The maximum atomic E-state index is 8.64. The first-order valence-corrected chi connectivity index (χ1v) is 5.82. The van der Waals surface area contributed by atoms with Gasteiger partial charge in [-0.05, 0) is 24.8 Å². The molecule has 0 bridgehead atoms. The summed E-state index contributed by atoms with van der Waals surface area (Å²) in [6, 6.07) is 10.1. The van der Waals surface area contributed by atoms with Gasteiger partial charge in [-0.15, -0.1) is 0 Å². The molecule has 1 rings (SSSR count). The molecule has 0 amide bonds. The molecule has 90 valence electrons. The summed E-state index contributed by atoms with van der Waals surface area (Å²) in [6.07, 6.45) is 2.99. The monoisotopic (exact) mass is 223 g/mol. The van der Waals surface area contributed by atoms with Gasteiger partial charge in [0.25, 0.3) is 0 Å². The molecule has 1 aromatic carbocycles. The molecule has 0 saturated heterocycles. The van der Waals surface area contributed by atoms with Crippen LogP contribution in [0.15, 0.2) is 30.3 Å². The van der Waals surface area contributed by atoms with Crippen LogP contribution >= 0.6 is 0 Å². The Labute approximate surface area is 97.6 Å². The van der Waals surface area contributed by atoms with Gasteiger partial charge in [0.2, 0.25) is 0 Å². The van der Waals surface area contributed by atoms with Gasteiger partial charge >= 0.3 is 0 Å². The molecule has 0 aromatic heterocycles. The van der Waals surface area contributed by atoms with Crippen molar-refractivity contribution in [3.8, 4) is 0 Å². The zero-order chi connectivity index (χ0) is 11.6. The van der Waals surface area contributed by atoms with Crippen molar-refractivity contribution >= 4 is 0 Å². The van der Waals surface area contributed by atoms with Gasteiger partial charge in [-0.2, -0.15) is 5.06 Å². The van der Waals surface area contributed by atoms with E-state index in [9.17, 15) is 0 Å². The summed E-state index contributed by atoms with van der Waals surface area (Å²) < 4.78 is 0. The van der Waals surface area contributed by atoms with E-state index in [0.717, 1.165) is 25.8 Å². The molecule has 0 aliphatic carbocycles. The van der Waals surface area contributed by atoms with Gasteiger partial charge in [0.05, 0.1) is 6.61 Å². The van der Waals surface area contributed by atoms with Crippen molar-refractivity contribution in [2.24, 2.45) is 0 Å². The van der Waals surface area contributed by atoms with Gasteiger partial charge in [-0.25, -0.2) is 0 Å². The average Bonchev–Trinajstić information content (AvgIpc) is 2.33. The smallest absolute Gasteiger partial charge is 0.0935 e. The molecule has 0 unspecified atom stereocenters. The molecular weight excluding hydrogens is 202 g/mol. The predicted octanol–water partition coefficient (Wildman–Crippen LogP) is 2.21. The number of benzene rings is 1. The summed E-state index contributed by atoms with van der Waals surface area (Å²) in [7, 11) is 1.95. The highest BCUT2D eigenvalue weighted by molar-refractivity contribution is 5.13. The van der Waals surface area contributed by atoms with Crippen molar-refractivity contribution in [2.45, 2.75) is 25.9 Å². The maximum Gasteiger partial charge on any atom is 0.0935 e. The standard InChI is InChI=1S/C13H21NO2/c1-14(10-6-3-7-11-15)16-12-13-8-4-2-5-9-13/h2,4-5,8-9,15H,3,6-7,10-12H2,1H3. The molecule has 0 fully saturated rings. The fourth-order valence-electron chi connectivity index (χ4n) is 1.45. The maximum absolute atomic E-state index is 8.64. The molecule has 0 radical (unpaired) electrons. The third-order valence-corrected chi connectivity index (χ3v) is 2.43. The number of hydrogen-bond acceptors (Lipinski definition) is 3. The first-order chi connectivity index (χ1) is 7.83. The molecule has 3 nitrogen and oxygen atoms in total. The van der Waals surface area contributed by atoms with Gasteiger partial charge in [0.15, 0.2) is 0 Å². The molecule has 0 spiro atoms. The van der Waals surface area contributed by atoms with E-state index in [2.05, 4.69) is 12.1 Å². The number of unbranched alkanes of at least 4 members (excludes halogenated alkanes) is 2. The van der Waals surface area contributed by atoms with E-state index in [1.54, 1.807) is 0 Å². The lowest BCUT2D eigenvalue weighted by atomic mass is 10.2. The van der Waals surface area contributed by atoms with E-state index in [0.29, 0.717) is 6.61 Å². The Balaban J connectivity index is 2.08. The van der Waals surface area contributed by atoms with Gasteiger partial charge < -0.3 is 5.11 Å². The predicted molar refractivity (Wildman–Crippen MR) is 64.8 cm³/mol.